The summed E-state index contributed by atoms with van der Waals surface area (Å²) in [7, 11) is 1.55. The summed E-state index contributed by atoms with van der Waals surface area (Å²) < 4.78 is 14.4. The molecule has 0 heterocycles. The smallest absolute Gasteiger partial charge is 0.265 e. The molecule has 0 spiro atoms. The third-order valence-corrected chi connectivity index (χ3v) is 3.76. The van der Waals surface area contributed by atoms with Crippen molar-refractivity contribution in [3.63, 3.8) is 0 Å². The Hall–Kier alpha value is -0.0000000000000000416. The highest BCUT2D eigenvalue weighted by molar-refractivity contribution is 6.76. The normalized spacial score (nSPS) is 15.6. The van der Waals surface area contributed by atoms with Crippen LogP contribution in [0.3, 0.4) is 0 Å². The molecule has 4 nitrogen and oxygen atoms in total. The molecule has 0 aromatic heterocycles. The lowest BCUT2D eigenvalue weighted by atomic mass is 9.98. The Morgan fingerprint density at radius 3 is 2.30 bits per heavy atom. The molecule has 0 aromatic carbocycles. The van der Waals surface area contributed by atoms with Crippen LogP contribution in [0.1, 0.15) is 47.0 Å². The number of halogens is 3. The van der Waals surface area contributed by atoms with E-state index >= 15 is 0 Å². The van der Waals surface area contributed by atoms with Crippen molar-refractivity contribution >= 4 is 40.7 Å². The zero-order valence-electron chi connectivity index (χ0n) is 14.5. The first-order chi connectivity index (χ1) is 10.6. The van der Waals surface area contributed by atoms with Gasteiger partial charge in [0.05, 0.1) is 0 Å². The summed E-state index contributed by atoms with van der Waals surface area (Å²) in [5.74, 6) is -0.285. The number of ether oxygens (including phenoxy) is 3. The van der Waals surface area contributed by atoms with Gasteiger partial charge in [0, 0.05) is 7.11 Å². The summed E-state index contributed by atoms with van der Waals surface area (Å²) >= 11 is 17.2. The van der Waals surface area contributed by atoms with Gasteiger partial charge in [0.25, 0.3) is 3.79 Å². The number of allylic oxidation sites excluding steroid dienone is 1. The molecule has 0 radical (unpaired) electrons. The monoisotopic (exact) mass is 387 g/mol. The maximum absolute atomic E-state index is 7.83. The molecule has 0 fully saturated rings. The van der Waals surface area contributed by atoms with Crippen molar-refractivity contribution in [3.8, 4) is 0 Å². The first-order valence-corrected chi connectivity index (χ1v) is 8.87. The number of nitrogens with one attached hydrogen (secondary N) is 1. The molecule has 23 heavy (non-hydrogen) atoms. The summed E-state index contributed by atoms with van der Waals surface area (Å²) in [5, 5.41) is 7.83. The predicted octanol–water partition coefficient (Wildman–Crippen LogP) is 5.50. The topological polar surface area (TPSA) is 51.5 Å². The Bertz CT molecular complexity index is 381. The highest BCUT2D eigenvalue weighted by atomic mass is 35.6. The van der Waals surface area contributed by atoms with Crippen molar-refractivity contribution in [3.05, 3.63) is 11.6 Å². The van der Waals surface area contributed by atoms with E-state index in [0.717, 1.165) is 24.8 Å². The molecule has 2 atom stereocenters. The third-order valence-electron chi connectivity index (χ3n) is 3.24. The number of methoxy groups -OCH3 is 1. The zero-order valence-corrected chi connectivity index (χ0v) is 16.8. The van der Waals surface area contributed by atoms with Gasteiger partial charge in [0.1, 0.15) is 19.0 Å². The first kappa shape index (κ1) is 23.0. The molecule has 0 aromatic rings. The van der Waals surface area contributed by atoms with Crippen molar-refractivity contribution in [2.45, 2.75) is 63.0 Å². The largest absolute Gasteiger partial charge is 0.468 e. The second-order valence-electron chi connectivity index (χ2n) is 5.81. The lowest BCUT2D eigenvalue weighted by Gasteiger charge is -2.30. The Balaban J connectivity index is 5.27. The SMILES string of the molecule is CCCC/C(C)=C\[C@H](OC(=N)C(Cl)(Cl)Cl)[C@@H](OCOC)C(C)C. The van der Waals surface area contributed by atoms with E-state index in [-0.39, 0.29) is 18.8 Å². The number of rotatable bonds is 10. The number of unbranched alkanes of at least 4 members (excludes halogenated alkanes) is 1. The van der Waals surface area contributed by atoms with Crippen molar-refractivity contribution in [2.75, 3.05) is 13.9 Å². The summed E-state index contributed by atoms with van der Waals surface area (Å²) in [4.78, 5) is 0. The van der Waals surface area contributed by atoms with E-state index in [4.69, 9.17) is 54.4 Å². The molecule has 0 saturated heterocycles. The number of hydrogen-bond acceptors (Lipinski definition) is 4. The maximum Gasteiger partial charge on any atom is 0.265 e. The second-order valence-corrected chi connectivity index (χ2v) is 8.09. The second kappa shape index (κ2) is 11.5. The molecule has 0 rings (SSSR count). The standard InChI is InChI=1S/C16H28Cl3NO3/c1-6-7-8-12(4)9-13(23-15(20)16(17,18)19)14(11(2)3)22-10-21-5/h9,11,13-14,20H,6-8,10H2,1-5H3/b12-9-,20-15?/t13-,14-/m0/s1. The van der Waals surface area contributed by atoms with Crippen molar-refractivity contribution in [2.24, 2.45) is 5.92 Å². The van der Waals surface area contributed by atoms with Gasteiger partial charge in [-0.15, -0.1) is 0 Å². The van der Waals surface area contributed by atoms with Gasteiger partial charge in [0.2, 0.25) is 5.90 Å². The predicted molar refractivity (Wildman–Crippen MR) is 97.8 cm³/mol. The van der Waals surface area contributed by atoms with Crippen LogP contribution in [0.25, 0.3) is 0 Å². The van der Waals surface area contributed by atoms with E-state index in [2.05, 4.69) is 6.92 Å². The van der Waals surface area contributed by atoms with Gasteiger partial charge in [-0.3, -0.25) is 5.41 Å². The van der Waals surface area contributed by atoms with Gasteiger partial charge in [0.15, 0.2) is 0 Å². The van der Waals surface area contributed by atoms with Gasteiger partial charge in [-0.25, -0.2) is 0 Å². The van der Waals surface area contributed by atoms with E-state index in [1.165, 1.54) is 0 Å². The van der Waals surface area contributed by atoms with E-state index < -0.39 is 15.8 Å². The van der Waals surface area contributed by atoms with Gasteiger partial charge in [-0.05, 0) is 31.8 Å². The number of hydrogen-bond donors (Lipinski definition) is 1. The maximum atomic E-state index is 7.83. The summed E-state index contributed by atoms with van der Waals surface area (Å²) in [6.45, 7) is 8.30. The van der Waals surface area contributed by atoms with Crippen molar-refractivity contribution in [1.82, 2.24) is 0 Å². The van der Waals surface area contributed by atoms with Crippen LogP contribution in [-0.2, 0) is 14.2 Å². The molecular formula is C16H28Cl3NO3. The quantitative estimate of drug-likeness (QED) is 0.177. The summed E-state index contributed by atoms with van der Waals surface area (Å²) in [6.07, 6.45) is 4.24. The molecule has 7 heteroatoms. The molecule has 1 N–H and O–H groups in total. The minimum absolute atomic E-state index is 0.131. The Morgan fingerprint density at radius 2 is 1.87 bits per heavy atom. The first-order valence-electron chi connectivity index (χ1n) is 7.73. The van der Waals surface area contributed by atoms with E-state index in [0.29, 0.717) is 0 Å². The number of alkyl halides is 3. The van der Waals surface area contributed by atoms with E-state index in [9.17, 15) is 0 Å². The molecule has 0 saturated carbocycles. The molecule has 0 amide bonds. The molecule has 0 aliphatic carbocycles. The average molecular weight is 389 g/mol. The Morgan fingerprint density at radius 1 is 1.26 bits per heavy atom. The fourth-order valence-corrected chi connectivity index (χ4v) is 2.17. The van der Waals surface area contributed by atoms with Crippen LogP contribution in [0, 0.1) is 11.3 Å². The highest BCUT2D eigenvalue weighted by Gasteiger charge is 2.34. The summed E-state index contributed by atoms with van der Waals surface area (Å²) in [6, 6.07) is 0. The minimum atomic E-state index is -1.90. The fourth-order valence-electron chi connectivity index (χ4n) is 2.03. The average Bonchev–Trinajstić information content (AvgIpc) is 2.43. The minimum Gasteiger partial charge on any atom is -0.468 e. The third kappa shape index (κ3) is 9.78. The molecular weight excluding hydrogens is 361 g/mol. The Labute approximate surface area is 154 Å². The van der Waals surface area contributed by atoms with Crippen LogP contribution in [0.4, 0.5) is 0 Å². The zero-order chi connectivity index (χ0) is 18.0. The lowest BCUT2D eigenvalue weighted by molar-refractivity contribution is -0.115. The van der Waals surface area contributed by atoms with Crippen LogP contribution in [0.15, 0.2) is 11.6 Å². The van der Waals surface area contributed by atoms with Gasteiger partial charge < -0.3 is 14.2 Å². The van der Waals surface area contributed by atoms with Gasteiger partial charge in [-0.2, -0.15) is 0 Å². The van der Waals surface area contributed by atoms with Crippen molar-refractivity contribution in [1.29, 1.82) is 5.41 Å². The highest BCUT2D eigenvalue weighted by Crippen LogP contribution is 2.30. The Kier molecular flexibility index (Phi) is 11.5. The molecule has 0 unspecified atom stereocenters. The summed E-state index contributed by atoms with van der Waals surface area (Å²) in [5.41, 5.74) is 1.15. The van der Waals surface area contributed by atoms with Crippen LogP contribution in [0.5, 0.6) is 0 Å². The molecule has 0 aliphatic heterocycles. The lowest BCUT2D eigenvalue weighted by Crippen LogP contribution is -2.39. The van der Waals surface area contributed by atoms with Crippen molar-refractivity contribution < 1.29 is 14.2 Å². The molecule has 136 valence electrons. The molecule has 0 bridgehead atoms. The van der Waals surface area contributed by atoms with Crippen LogP contribution in [0.2, 0.25) is 0 Å². The molecule has 0 aliphatic rings. The van der Waals surface area contributed by atoms with Gasteiger partial charge in [-0.1, -0.05) is 67.6 Å². The fraction of sp³-hybridized carbons (Fsp3) is 0.812. The van der Waals surface area contributed by atoms with Crippen LogP contribution >= 0.6 is 34.8 Å². The van der Waals surface area contributed by atoms with Crippen LogP contribution < -0.4 is 0 Å². The van der Waals surface area contributed by atoms with E-state index in [1.54, 1.807) is 7.11 Å². The van der Waals surface area contributed by atoms with Crippen LogP contribution in [-0.4, -0.2) is 35.8 Å². The van der Waals surface area contributed by atoms with Gasteiger partial charge >= 0.3 is 0 Å². The van der Waals surface area contributed by atoms with E-state index in [1.807, 2.05) is 26.8 Å².